The first kappa shape index (κ1) is 18.5. The van der Waals surface area contributed by atoms with E-state index in [1.54, 1.807) is 0 Å². The molecule has 1 aliphatic rings. The van der Waals surface area contributed by atoms with E-state index in [0.717, 1.165) is 12.8 Å². The third-order valence-electron chi connectivity index (χ3n) is 4.26. The normalized spacial score (nSPS) is 27.5. The first-order valence-electron chi connectivity index (χ1n) is 8.21. The Morgan fingerprint density at radius 1 is 1.46 bits per heavy atom. The molecule has 1 saturated carbocycles. The number of amides is 1. The number of carbonyl (C=O) groups excluding carboxylic acids is 1. The van der Waals surface area contributed by atoms with E-state index in [4.69, 9.17) is 13.6 Å². The van der Waals surface area contributed by atoms with Crippen LogP contribution in [-0.4, -0.2) is 45.9 Å². The molecule has 3 atom stereocenters. The molecule has 0 aromatic carbocycles. The summed E-state index contributed by atoms with van der Waals surface area (Å²) in [7, 11) is 5.96. The second-order valence-electron chi connectivity index (χ2n) is 7.71. The van der Waals surface area contributed by atoms with Gasteiger partial charge in [-0.2, -0.15) is 4.98 Å². The van der Waals surface area contributed by atoms with Gasteiger partial charge in [0.25, 0.3) is 5.91 Å². The monoisotopic (exact) mass is 331 g/mol. The molecular weight excluding hydrogens is 305 g/mol. The standard InChI is InChI=1S/C16H26BN5O2/c1-9-5-6-10(7-16(9,17)24)20-13-11(12(18)23)8-19-14(21-13)22-15(2,3)4/h8-10,24H,5-7H2,1-4H3,(H2,18,23)(H2,19,20,21,22)/t9-,10-,16-/m1/s1. The Hall–Kier alpha value is -1.83. The fourth-order valence-electron chi connectivity index (χ4n) is 2.78. The maximum Gasteiger partial charge on any atom is 0.254 e. The Morgan fingerprint density at radius 3 is 2.67 bits per heavy atom. The van der Waals surface area contributed by atoms with Crippen LogP contribution in [-0.2, 0) is 0 Å². The highest BCUT2D eigenvalue weighted by Crippen LogP contribution is 2.33. The second-order valence-corrected chi connectivity index (χ2v) is 7.71. The molecule has 0 spiro atoms. The number of aromatic nitrogens is 2. The van der Waals surface area contributed by atoms with Crippen LogP contribution in [0.15, 0.2) is 6.20 Å². The minimum Gasteiger partial charge on any atom is -0.399 e. The summed E-state index contributed by atoms with van der Waals surface area (Å²) in [5.41, 5.74) is 4.18. The molecule has 1 aromatic heterocycles. The van der Waals surface area contributed by atoms with Gasteiger partial charge in [-0.25, -0.2) is 4.98 Å². The van der Waals surface area contributed by atoms with Crippen molar-refractivity contribution in [1.82, 2.24) is 9.97 Å². The van der Waals surface area contributed by atoms with Crippen molar-refractivity contribution >= 4 is 25.5 Å². The average molecular weight is 331 g/mol. The average Bonchev–Trinajstić information content (AvgIpc) is 2.40. The quantitative estimate of drug-likeness (QED) is 0.618. The highest BCUT2D eigenvalue weighted by atomic mass is 16.3. The number of primary amides is 1. The van der Waals surface area contributed by atoms with Crippen LogP contribution in [0.4, 0.5) is 11.8 Å². The van der Waals surface area contributed by atoms with Gasteiger partial charge in [0, 0.05) is 23.3 Å². The molecule has 1 heterocycles. The maximum absolute atomic E-state index is 11.6. The topological polar surface area (TPSA) is 113 Å². The molecule has 5 N–H and O–H groups in total. The van der Waals surface area contributed by atoms with Crippen molar-refractivity contribution in [2.45, 2.75) is 64.0 Å². The van der Waals surface area contributed by atoms with Crippen molar-refractivity contribution in [1.29, 1.82) is 0 Å². The molecule has 7 nitrogen and oxygen atoms in total. The number of nitrogens with two attached hydrogens (primary N) is 1. The molecule has 1 amide bonds. The van der Waals surface area contributed by atoms with E-state index in [9.17, 15) is 9.90 Å². The molecule has 1 aromatic rings. The van der Waals surface area contributed by atoms with Crippen LogP contribution < -0.4 is 16.4 Å². The fourth-order valence-corrected chi connectivity index (χ4v) is 2.78. The van der Waals surface area contributed by atoms with Crippen LogP contribution in [0.25, 0.3) is 0 Å². The Kier molecular flexibility index (Phi) is 5.08. The summed E-state index contributed by atoms with van der Waals surface area (Å²) in [6, 6.07) is -0.0910. The summed E-state index contributed by atoms with van der Waals surface area (Å²) >= 11 is 0. The minimum atomic E-state index is -1.23. The Balaban J connectivity index is 2.23. The highest BCUT2D eigenvalue weighted by molar-refractivity contribution is 6.14. The van der Waals surface area contributed by atoms with Crippen molar-refractivity contribution in [2.75, 3.05) is 10.6 Å². The molecule has 2 rings (SSSR count). The maximum atomic E-state index is 11.6. The number of nitrogens with zero attached hydrogens (tertiary/aromatic N) is 2. The van der Waals surface area contributed by atoms with Gasteiger partial charge >= 0.3 is 0 Å². The SMILES string of the molecule is [B][C@@]1(O)C[C@H](Nc2nc(NC(C)(C)C)ncc2C(N)=O)CC[C@H]1C. The van der Waals surface area contributed by atoms with Crippen molar-refractivity contribution in [3.8, 4) is 0 Å². The molecule has 130 valence electrons. The van der Waals surface area contributed by atoms with Crippen molar-refractivity contribution in [3.63, 3.8) is 0 Å². The second kappa shape index (κ2) is 6.59. The van der Waals surface area contributed by atoms with Crippen molar-refractivity contribution in [3.05, 3.63) is 11.8 Å². The third-order valence-corrected chi connectivity index (χ3v) is 4.26. The third kappa shape index (κ3) is 4.60. The van der Waals surface area contributed by atoms with Crippen LogP contribution >= 0.6 is 0 Å². The predicted molar refractivity (Wildman–Crippen MR) is 95.1 cm³/mol. The Labute approximate surface area is 144 Å². The molecule has 1 fully saturated rings. The van der Waals surface area contributed by atoms with E-state index < -0.39 is 11.4 Å². The lowest BCUT2D eigenvalue weighted by Crippen LogP contribution is -2.46. The van der Waals surface area contributed by atoms with Crippen LogP contribution in [0.3, 0.4) is 0 Å². The van der Waals surface area contributed by atoms with Gasteiger partial charge in [-0.3, -0.25) is 4.79 Å². The summed E-state index contributed by atoms with van der Waals surface area (Å²) in [6.45, 7) is 7.90. The van der Waals surface area contributed by atoms with E-state index in [2.05, 4.69) is 20.6 Å². The zero-order valence-corrected chi connectivity index (χ0v) is 14.8. The van der Waals surface area contributed by atoms with Gasteiger partial charge in [-0.15, -0.1) is 0 Å². The zero-order valence-electron chi connectivity index (χ0n) is 14.8. The van der Waals surface area contributed by atoms with Gasteiger partial charge in [-0.05, 0) is 46.0 Å². The van der Waals surface area contributed by atoms with Gasteiger partial charge in [-0.1, -0.05) is 6.92 Å². The summed E-state index contributed by atoms with van der Waals surface area (Å²) in [5.74, 6) is 0.184. The summed E-state index contributed by atoms with van der Waals surface area (Å²) < 4.78 is 0. The number of hydrogen-bond acceptors (Lipinski definition) is 6. The smallest absolute Gasteiger partial charge is 0.254 e. The van der Waals surface area contributed by atoms with Crippen molar-refractivity contribution in [2.24, 2.45) is 11.7 Å². The highest BCUT2D eigenvalue weighted by Gasteiger charge is 2.36. The predicted octanol–water partition coefficient (Wildman–Crippen LogP) is 1.24. The van der Waals surface area contributed by atoms with Gasteiger partial charge in [0.15, 0.2) is 0 Å². The first-order chi connectivity index (χ1) is 11.0. The largest absolute Gasteiger partial charge is 0.399 e. The van der Waals surface area contributed by atoms with E-state index in [-0.39, 0.29) is 23.1 Å². The molecule has 0 aliphatic heterocycles. The van der Waals surface area contributed by atoms with Crippen LogP contribution in [0.5, 0.6) is 0 Å². The van der Waals surface area contributed by atoms with Crippen LogP contribution in [0.1, 0.15) is 57.3 Å². The molecule has 24 heavy (non-hydrogen) atoms. The van der Waals surface area contributed by atoms with Crippen LogP contribution in [0, 0.1) is 5.92 Å². The van der Waals surface area contributed by atoms with Crippen LogP contribution in [0.2, 0.25) is 0 Å². The van der Waals surface area contributed by atoms with Crippen molar-refractivity contribution < 1.29 is 9.90 Å². The zero-order chi connectivity index (χ0) is 18.1. The summed E-state index contributed by atoms with van der Waals surface area (Å²) in [5, 5.41) is 16.6. The Bertz CT molecular complexity index is 615. The van der Waals surface area contributed by atoms with Gasteiger partial charge < -0.3 is 21.5 Å². The minimum absolute atomic E-state index is 0.0229. The molecule has 0 bridgehead atoms. The number of hydrogen-bond donors (Lipinski definition) is 4. The number of aliphatic hydroxyl groups is 1. The first-order valence-corrected chi connectivity index (χ1v) is 8.21. The lowest BCUT2D eigenvalue weighted by atomic mass is 9.63. The van der Waals surface area contributed by atoms with E-state index in [0.29, 0.717) is 18.2 Å². The number of nitrogens with one attached hydrogen (secondary N) is 2. The molecule has 8 heteroatoms. The Morgan fingerprint density at radius 2 is 2.12 bits per heavy atom. The molecule has 0 unspecified atom stereocenters. The fraction of sp³-hybridized carbons (Fsp3) is 0.688. The summed E-state index contributed by atoms with van der Waals surface area (Å²) in [6.07, 6.45) is 3.39. The summed E-state index contributed by atoms with van der Waals surface area (Å²) in [4.78, 5) is 20.2. The number of carbonyl (C=O) groups is 1. The lowest BCUT2D eigenvalue weighted by Gasteiger charge is -2.40. The van der Waals surface area contributed by atoms with Gasteiger partial charge in [0.1, 0.15) is 13.7 Å². The van der Waals surface area contributed by atoms with E-state index >= 15 is 0 Å². The van der Waals surface area contributed by atoms with Gasteiger partial charge in [0.05, 0.1) is 5.56 Å². The van der Waals surface area contributed by atoms with Gasteiger partial charge in [0.2, 0.25) is 5.95 Å². The molecule has 1 aliphatic carbocycles. The molecular formula is C16H26BN5O2. The number of rotatable bonds is 4. The van der Waals surface area contributed by atoms with E-state index in [1.165, 1.54) is 6.20 Å². The molecule has 0 saturated heterocycles. The lowest BCUT2D eigenvalue weighted by molar-refractivity contribution is 0.0315. The molecule has 2 radical (unpaired) electrons. The number of anilines is 2. The van der Waals surface area contributed by atoms with E-state index in [1.807, 2.05) is 27.7 Å².